The van der Waals surface area contributed by atoms with Gasteiger partial charge in [-0.2, -0.15) is 0 Å². The summed E-state index contributed by atoms with van der Waals surface area (Å²) in [7, 11) is 0. The second-order valence-electron chi connectivity index (χ2n) is 10.0. The van der Waals surface area contributed by atoms with E-state index in [9.17, 15) is 9.59 Å². The van der Waals surface area contributed by atoms with Crippen LogP contribution < -0.4 is 5.56 Å². The minimum absolute atomic E-state index is 0.0108. The molecule has 1 aliphatic carbocycles. The molecule has 4 heterocycles. The maximum Gasteiger partial charge on any atom is 0.289 e. The highest BCUT2D eigenvalue weighted by atomic mass is 32.1. The lowest BCUT2D eigenvalue weighted by Gasteiger charge is -2.34. The van der Waals surface area contributed by atoms with E-state index >= 15 is 0 Å². The fourth-order valence-electron chi connectivity index (χ4n) is 4.92. The van der Waals surface area contributed by atoms with Gasteiger partial charge in [-0.1, -0.05) is 20.8 Å². The van der Waals surface area contributed by atoms with Crippen molar-refractivity contribution in [2.45, 2.75) is 46.6 Å². The molecule has 1 aliphatic heterocycles. The molecule has 0 aromatic carbocycles. The van der Waals surface area contributed by atoms with Crippen molar-refractivity contribution >= 4 is 27.5 Å². The number of aromatic nitrogens is 2. The van der Waals surface area contributed by atoms with Gasteiger partial charge in [0.1, 0.15) is 10.7 Å². The van der Waals surface area contributed by atoms with E-state index in [0.717, 1.165) is 42.6 Å². The lowest BCUT2D eigenvalue weighted by Crippen LogP contribution is -2.48. The molecule has 3 aromatic rings. The van der Waals surface area contributed by atoms with Crippen LogP contribution in [0.5, 0.6) is 0 Å². The van der Waals surface area contributed by atoms with Gasteiger partial charge in [-0.3, -0.25) is 14.5 Å². The van der Waals surface area contributed by atoms with Crippen LogP contribution >= 0.6 is 11.3 Å². The van der Waals surface area contributed by atoms with E-state index in [2.05, 4.69) is 30.7 Å². The van der Waals surface area contributed by atoms with Gasteiger partial charge in [0.05, 0.1) is 18.2 Å². The molecule has 0 saturated carbocycles. The molecule has 32 heavy (non-hydrogen) atoms. The van der Waals surface area contributed by atoms with Crippen molar-refractivity contribution in [2.24, 2.45) is 11.3 Å². The van der Waals surface area contributed by atoms with Crippen LogP contribution in [-0.2, 0) is 19.4 Å². The number of thiophene rings is 1. The molecule has 5 rings (SSSR count). The number of H-pyrrole nitrogens is 1. The van der Waals surface area contributed by atoms with E-state index in [1.165, 1.54) is 16.7 Å². The zero-order chi connectivity index (χ0) is 22.5. The minimum atomic E-state index is -0.0691. The monoisotopic (exact) mass is 454 g/mol. The van der Waals surface area contributed by atoms with Gasteiger partial charge in [-0.05, 0) is 48.3 Å². The molecule has 2 aliphatic rings. The summed E-state index contributed by atoms with van der Waals surface area (Å²) < 4.78 is 5.23. The van der Waals surface area contributed by atoms with Crippen LogP contribution in [0, 0.1) is 11.3 Å². The van der Waals surface area contributed by atoms with Crippen molar-refractivity contribution in [3.05, 3.63) is 50.8 Å². The topological polar surface area (TPSA) is 82.4 Å². The molecule has 1 fully saturated rings. The number of hydrogen-bond acceptors (Lipinski definition) is 6. The Kier molecular flexibility index (Phi) is 5.45. The fourth-order valence-corrected chi connectivity index (χ4v) is 6.24. The predicted octanol–water partition coefficient (Wildman–Crippen LogP) is 3.69. The van der Waals surface area contributed by atoms with Gasteiger partial charge in [0.15, 0.2) is 5.76 Å². The summed E-state index contributed by atoms with van der Waals surface area (Å²) in [6, 6.07) is 3.43. The summed E-state index contributed by atoms with van der Waals surface area (Å²) in [5.74, 6) is 1.66. The first-order chi connectivity index (χ1) is 15.3. The average Bonchev–Trinajstić information content (AvgIpc) is 3.40. The van der Waals surface area contributed by atoms with E-state index in [-0.39, 0.29) is 16.9 Å². The van der Waals surface area contributed by atoms with Crippen molar-refractivity contribution in [1.29, 1.82) is 0 Å². The Morgan fingerprint density at radius 3 is 2.75 bits per heavy atom. The molecule has 1 N–H and O–H groups in total. The smallest absolute Gasteiger partial charge is 0.289 e. The number of fused-ring (bicyclic) bond motifs is 3. The number of hydrogen-bond donors (Lipinski definition) is 1. The van der Waals surface area contributed by atoms with Gasteiger partial charge in [0.2, 0.25) is 0 Å². The van der Waals surface area contributed by atoms with E-state index in [1.54, 1.807) is 23.5 Å². The Labute approximate surface area is 191 Å². The Morgan fingerprint density at radius 2 is 2.06 bits per heavy atom. The van der Waals surface area contributed by atoms with E-state index < -0.39 is 0 Å². The first-order valence-corrected chi connectivity index (χ1v) is 12.2. The van der Waals surface area contributed by atoms with Crippen LogP contribution in [0.3, 0.4) is 0 Å². The van der Waals surface area contributed by atoms with E-state index in [1.807, 2.05) is 4.90 Å². The number of carbonyl (C=O) groups excluding carboxylic acids is 1. The number of nitrogens with one attached hydrogen (secondary N) is 1. The van der Waals surface area contributed by atoms with Crippen LogP contribution in [0.2, 0.25) is 0 Å². The van der Waals surface area contributed by atoms with Crippen LogP contribution in [0.4, 0.5) is 0 Å². The molecule has 1 saturated heterocycles. The van der Waals surface area contributed by atoms with Crippen molar-refractivity contribution in [2.75, 3.05) is 26.2 Å². The molecule has 1 atom stereocenters. The fraction of sp³-hybridized carbons (Fsp3) is 0.542. The number of piperazine rings is 1. The average molecular weight is 455 g/mol. The summed E-state index contributed by atoms with van der Waals surface area (Å²) in [4.78, 5) is 39.5. The summed E-state index contributed by atoms with van der Waals surface area (Å²) in [6.45, 7) is 10.2. The molecule has 0 bridgehead atoms. The van der Waals surface area contributed by atoms with E-state index in [4.69, 9.17) is 9.40 Å². The standard InChI is InChI=1S/C24H30N4O3S/c1-24(2,3)15-6-7-16-18(13-15)32-22-20(16)21(29)25-19(26-22)14-27-8-10-28(11-9-27)23(30)17-5-4-12-31-17/h4-5,12,15H,6-11,13-14H2,1-3H3,(H,25,26,29)/t15-/m0/s1. The number of aryl methyl sites for hydroxylation is 1. The molecule has 0 radical (unpaired) electrons. The molecular formula is C24H30N4O3S. The summed E-state index contributed by atoms with van der Waals surface area (Å²) in [6.07, 6.45) is 4.66. The van der Waals surface area contributed by atoms with Crippen molar-refractivity contribution in [3.8, 4) is 0 Å². The predicted molar refractivity (Wildman–Crippen MR) is 125 cm³/mol. The molecule has 170 valence electrons. The molecule has 8 heteroatoms. The maximum atomic E-state index is 13.0. The van der Waals surface area contributed by atoms with Crippen molar-refractivity contribution in [3.63, 3.8) is 0 Å². The molecule has 0 spiro atoms. The summed E-state index contributed by atoms with van der Waals surface area (Å²) in [5, 5.41) is 0.801. The van der Waals surface area contributed by atoms with Gasteiger partial charge < -0.3 is 14.3 Å². The summed E-state index contributed by atoms with van der Waals surface area (Å²) in [5.41, 5.74) is 1.48. The Morgan fingerprint density at radius 1 is 1.28 bits per heavy atom. The Bertz CT molecular complexity index is 1180. The lowest BCUT2D eigenvalue weighted by molar-refractivity contribution is 0.0595. The van der Waals surface area contributed by atoms with Crippen LogP contribution in [-0.4, -0.2) is 51.9 Å². The minimum Gasteiger partial charge on any atom is -0.459 e. The van der Waals surface area contributed by atoms with Crippen molar-refractivity contribution in [1.82, 2.24) is 19.8 Å². The Hall–Kier alpha value is -2.45. The second kappa shape index (κ2) is 8.15. The van der Waals surface area contributed by atoms with Crippen LogP contribution in [0.1, 0.15) is 54.0 Å². The molecule has 1 amide bonds. The Balaban J connectivity index is 1.29. The third-order valence-corrected chi connectivity index (χ3v) is 8.11. The van der Waals surface area contributed by atoms with E-state index in [0.29, 0.717) is 37.1 Å². The maximum absolute atomic E-state index is 13.0. The van der Waals surface area contributed by atoms with Gasteiger partial charge in [0, 0.05) is 31.1 Å². The highest BCUT2D eigenvalue weighted by Gasteiger charge is 2.32. The highest BCUT2D eigenvalue weighted by molar-refractivity contribution is 7.18. The number of rotatable bonds is 3. The molecular weight excluding hydrogens is 424 g/mol. The van der Waals surface area contributed by atoms with Gasteiger partial charge >= 0.3 is 0 Å². The molecule has 7 nitrogen and oxygen atoms in total. The zero-order valence-electron chi connectivity index (χ0n) is 18.9. The second-order valence-corrected chi connectivity index (χ2v) is 11.1. The number of nitrogens with zero attached hydrogens (tertiary/aromatic N) is 3. The van der Waals surface area contributed by atoms with Crippen molar-refractivity contribution < 1.29 is 9.21 Å². The molecule has 3 aromatic heterocycles. The normalized spacial score (nSPS) is 20.0. The van der Waals surface area contributed by atoms with Gasteiger partial charge in [0.25, 0.3) is 11.5 Å². The van der Waals surface area contributed by atoms with Gasteiger partial charge in [-0.15, -0.1) is 11.3 Å². The zero-order valence-corrected chi connectivity index (χ0v) is 19.8. The first kappa shape index (κ1) is 21.4. The van der Waals surface area contributed by atoms with Gasteiger partial charge in [-0.25, -0.2) is 4.98 Å². The third kappa shape index (κ3) is 4.01. The highest BCUT2D eigenvalue weighted by Crippen LogP contribution is 2.42. The lowest BCUT2D eigenvalue weighted by atomic mass is 9.72. The number of amides is 1. The summed E-state index contributed by atoms with van der Waals surface area (Å²) >= 11 is 1.70. The number of aromatic amines is 1. The molecule has 0 unspecified atom stereocenters. The first-order valence-electron chi connectivity index (χ1n) is 11.4. The third-order valence-electron chi connectivity index (χ3n) is 6.96. The quantitative estimate of drug-likeness (QED) is 0.653. The number of carbonyl (C=O) groups is 1. The van der Waals surface area contributed by atoms with Crippen LogP contribution in [0.15, 0.2) is 27.6 Å². The largest absolute Gasteiger partial charge is 0.459 e. The number of furan rings is 1. The SMILES string of the molecule is CC(C)(C)[C@H]1CCc2c(sc3nc(CN4CCN(C(=O)c5ccco5)CC4)[nH]c(=O)c23)C1. The van der Waals surface area contributed by atoms with Crippen LogP contribution in [0.25, 0.3) is 10.2 Å².